The number of hydrogen-bond donors (Lipinski definition) is 0. The Morgan fingerprint density at radius 1 is 1.00 bits per heavy atom. The molecule has 0 amide bonds. The molecular weight excluding hydrogens is 207 g/mol. The zero-order valence-electron chi connectivity index (χ0n) is 7.45. The number of para-hydroxylation sites is 1. The van der Waals surface area contributed by atoms with Gasteiger partial charge in [-0.15, -0.1) is 0 Å². The van der Waals surface area contributed by atoms with Crippen molar-refractivity contribution >= 4 is 10.9 Å². The Labute approximate surface area is 83.2 Å². The van der Waals surface area contributed by atoms with Gasteiger partial charge >= 0.3 is 6.18 Å². The quantitative estimate of drug-likeness (QED) is 0.488. The van der Waals surface area contributed by atoms with Crippen LogP contribution in [-0.4, -0.2) is 0 Å². The molecule has 0 atom stereocenters. The minimum atomic E-state index is -4.62. The molecule has 1 heterocycles. The van der Waals surface area contributed by atoms with Crippen molar-refractivity contribution in [2.24, 2.45) is 0 Å². The summed E-state index contributed by atoms with van der Waals surface area (Å²) in [5.74, 6) is 0. The Kier molecular flexibility index (Phi) is 2.03. The lowest BCUT2D eigenvalue weighted by Gasteiger charge is -2.09. The highest BCUT2D eigenvalue weighted by molar-refractivity contribution is 5.75. The number of nitrogens with zero attached hydrogens (tertiary/aromatic N) is 1. The van der Waals surface area contributed by atoms with E-state index in [1.54, 1.807) is 12.1 Å². The SMILES string of the molecule is [O-][n+]1c(C(F)(F)F)ccc2ccccc21. The van der Waals surface area contributed by atoms with Crippen LogP contribution in [0.2, 0.25) is 0 Å². The monoisotopic (exact) mass is 213 g/mol. The third-order valence-corrected chi connectivity index (χ3v) is 2.09. The molecule has 0 bridgehead atoms. The van der Waals surface area contributed by atoms with E-state index in [0.717, 1.165) is 6.07 Å². The highest BCUT2D eigenvalue weighted by Gasteiger charge is 2.40. The first-order chi connectivity index (χ1) is 7.00. The van der Waals surface area contributed by atoms with Gasteiger partial charge in [-0.25, -0.2) is 0 Å². The zero-order chi connectivity index (χ0) is 11.1. The lowest BCUT2D eigenvalue weighted by Crippen LogP contribution is -2.37. The average Bonchev–Trinajstić information content (AvgIpc) is 2.16. The van der Waals surface area contributed by atoms with Gasteiger partial charge in [-0.1, -0.05) is 12.1 Å². The van der Waals surface area contributed by atoms with E-state index in [4.69, 9.17) is 0 Å². The fourth-order valence-electron chi connectivity index (χ4n) is 1.39. The number of halogens is 3. The molecule has 0 saturated carbocycles. The van der Waals surface area contributed by atoms with Crippen LogP contribution in [0.1, 0.15) is 5.69 Å². The normalized spacial score (nSPS) is 11.9. The predicted octanol–water partition coefficient (Wildman–Crippen LogP) is 2.49. The summed E-state index contributed by atoms with van der Waals surface area (Å²) in [6.45, 7) is 0. The number of hydrogen-bond acceptors (Lipinski definition) is 1. The first-order valence-electron chi connectivity index (χ1n) is 4.18. The summed E-state index contributed by atoms with van der Waals surface area (Å²) in [4.78, 5) is 0. The van der Waals surface area contributed by atoms with Crippen LogP contribution in [-0.2, 0) is 6.18 Å². The van der Waals surface area contributed by atoms with Gasteiger partial charge in [0.25, 0.3) is 5.69 Å². The topological polar surface area (TPSA) is 26.9 Å². The number of alkyl halides is 3. The minimum absolute atomic E-state index is 0.0207. The molecule has 15 heavy (non-hydrogen) atoms. The third kappa shape index (κ3) is 1.60. The van der Waals surface area contributed by atoms with Crippen molar-refractivity contribution in [1.82, 2.24) is 0 Å². The summed E-state index contributed by atoms with van der Waals surface area (Å²) >= 11 is 0. The molecule has 0 saturated heterocycles. The molecule has 0 unspecified atom stereocenters. The zero-order valence-corrected chi connectivity index (χ0v) is 7.45. The van der Waals surface area contributed by atoms with Crippen molar-refractivity contribution in [3.05, 3.63) is 47.3 Å². The number of rotatable bonds is 0. The highest BCUT2D eigenvalue weighted by atomic mass is 19.4. The van der Waals surface area contributed by atoms with Crippen LogP contribution in [0.15, 0.2) is 36.4 Å². The first kappa shape index (κ1) is 9.76. The maximum Gasteiger partial charge on any atom is 0.478 e. The van der Waals surface area contributed by atoms with Crippen molar-refractivity contribution in [3.63, 3.8) is 0 Å². The number of benzene rings is 1. The molecule has 0 spiro atoms. The Bertz CT molecular complexity index is 507. The molecular formula is C10H6F3NO. The summed E-state index contributed by atoms with van der Waals surface area (Å²) in [7, 11) is 0. The van der Waals surface area contributed by atoms with Crippen LogP contribution in [0, 0.1) is 5.21 Å². The maximum atomic E-state index is 12.4. The molecule has 0 fully saturated rings. The summed E-state index contributed by atoms with van der Waals surface area (Å²) < 4.78 is 37.0. The molecule has 0 aliphatic carbocycles. The second-order valence-electron chi connectivity index (χ2n) is 3.07. The summed E-state index contributed by atoms with van der Waals surface area (Å²) in [5.41, 5.74) is -1.17. The van der Waals surface area contributed by atoms with Gasteiger partial charge in [-0.2, -0.15) is 17.9 Å². The fourth-order valence-corrected chi connectivity index (χ4v) is 1.39. The van der Waals surface area contributed by atoms with E-state index >= 15 is 0 Å². The van der Waals surface area contributed by atoms with Gasteiger partial charge in [0.1, 0.15) is 0 Å². The van der Waals surface area contributed by atoms with Gasteiger partial charge < -0.3 is 5.21 Å². The van der Waals surface area contributed by atoms with Gasteiger partial charge in [-0.3, -0.25) is 0 Å². The van der Waals surface area contributed by atoms with Crippen molar-refractivity contribution in [2.45, 2.75) is 6.18 Å². The van der Waals surface area contributed by atoms with Crippen molar-refractivity contribution in [1.29, 1.82) is 0 Å². The van der Waals surface area contributed by atoms with Crippen LogP contribution >= 0.6 is 0 Å². The summed E-state index contributed by atoms with van der Waals surface area (Å²) in [5, 5.41) is 11.9. The second-order valence-corrected chi connectivity index (χ2v) is 3.07. The third-order valence-electron chi connectivity index (χ3n) is 2.09. The van der Waals surface area contributed by atoms with E-state index in [2.05, 4.69) is 0 Å². The van der Waals surface area contributed by atoms with Crippen LogP contribution < -0.4 is 4.73 Å². The number of fused-ring (bicyclic) bond motifs is 1. The predicted molar refractivity (Wildman–Crippen MR) is 47.9 cm³/mol. The molecule has 2 rings (SSSR count). The Morgan fingerprint density at radius 2 is 1.67 bits per heavy atom. The van der Waals surface area contributed by atoms with E-state index < -0.39 is 11.9 Å². The number of aromatic nitrogens is 1. The first-order valence-corrected chi connectivity index (χ1v) is 4.18. The van der Waals surface area contributed by atoms with E-state index in [1.165, 1.54) is 18.2 Å². The fraction of sp³-hybridized carbons (Fsp3) is 0.100. The van der Waals surface area contributed by atoms with Crippen molar-refractivity contribution in [3.8, 4) is 0 Å². The molecule has 78 valence electrons. The summed E-state index contributed by atoms with van der Waals surface area (Å²) in [6.07, 6.45) is -4.62. The minimum Gasteiger partial charge on any atom is -0.618 e. The lowest BCUT2D eigenvalue weighted by atomic mass is 10.2. The Hall–Kier alpha value is -1.78. The van der Waals surface area contributed by atoms with Crippen molar-refractivity contribution in [2.75, 3.05) is 0 Å². The largest absolute Gasteiger partial charge is 0.618 e. The van der Waals surface area contributed by atoms with Gasteiger partial charge in [0.05, 0.1) is 0 Å². The standard InChI is InChI=1S/C10H6F3NO/c11-10(12,13)9-6-5-7-3-1-2-4-8(7)14(9)15/h1-6H. The van der Waals surface area contributed by atoms with Gasteiger partial charge in [-0.05, 0) is 12.1 Å². The lowest BCUT2D eigenvalue weighted by molar-refractivity contribution is -0.602. The highest BCUT2D eigenvalue weighted by Crippen LogP contribution is 2.27. The van der Waals surface area contributed by atoms with Gasteiger partial charge in [0, 0.05) is 17.5 Å². The maximum absolute atomic E-state index is 12.4. The van der Waals surface area contributed by atoms with E-state index in [-0.39, 0.29) is 10.2 Å². The molecule has 0 aliphatic rings. The Morgan fingerprint density at radius 3 is 2.33 bits per heavy atom. The molecule has 2 nitrogen and oxygen atoms in total. The van der Waals surface area contributed by atoms with Gasteiger partial charge in [0.2, 0.25) is 5.52 Å². The van der Waals surface area contributed by atoms with E-state index in [0.29, 0.717) is 5.39 Å². The van der Waals surface area contributed by atoms with Crippen LogP contribution in [0.4, 0.5) is 13.2 Å². The molecule has 0 aliphatic heterocycles. The molecule has 1 aromatic carbocycles. The molecule has 0 radical (unpaired) electrons. The molecule has 0 N–H and O–H groups in total. The molecule has 2 aromatic rings. The average molecular weight is 213 g/mol. The van der Waals surface area contributed by atoms with Gasteiger partial charge in [0.15, 0.2) is 0 Å². The number of pyridine rings is 1. The summed E-state index contributed by atoms with van der Waals surface area (Å²) in [6, 6.07) is 8.20. The van der Waals surface area contributed by atoms with Crippen LogP contribution in [0.5, 0.6) is 0 Å². The van der Waals surface area contributed by atoms with Crippen molar-refractivity contribution < 1.29 is 17.9 Å². The smallest absolute Gasteiger partial charge is 0.478 e. The van der Waals surface area contributed by atoms with E-state index in [1.807, 2.05) is 0 Å². The van der Waals surface area contributed by atoms with Crippen LogP contribution in [0.25, 0.3) is 10.9 Å². The Balaban J connectivity index is 2.76. The molecule has 1 aromatic heterocycles. The second kappa shape index (κ2) is 3.12. The van der Waals surface area contributed by atoms with Crippen LogP contribution in [0.3, 0.4) is 0 Å². The molecule has 5 heteroatoms. The van der Waals surface area contributed by atoms with E-state index in [9.17, 15) is 18.4 Å².